The molecule has 1 atom stereocenters. The van der Waals surface area contributed by atoms with Gasteiger partial charge in [-0.25, -0.2) is 17.5 Å². The Morgan fingerprint density at radius 3 is 2.76 bits per heavy atom. The summed E-state index contributed by atoms with van der Waals surface area (Å²) in [5.74, 6) is 0.598. The Kier molecular flexibility index (Phi) is 4.52. The van der Waals surface area contributed by atoms with Crippen molar-refractivity contribution >= 4 is 21.9 Å². The van der Waals surface area contributed by atoms with Crippen LogP contribution in [0.3, 0.4) is 0 Å². The summed E-state index contributed by atoms with van der Waals surface area (Å²) in [6.07, 6.45) is 2.69. The van der Waals surface area contributed by atoms with Crippen molar-refractivity contribution in [2.45, 2.75) is 25.8 Å². The smallest absolute Gasteiger partial charge is 0.320 e. The summed E-state index contributed by atoms with van der Waals surface area (Å²) in [5, 5.41) is 9.66. The van der Waals surface area contributed by atoms with Crippen molar-refractivity contribution in [3.63, 3.8) is 0 Å². The number of hydrogen-bond donors (Lipinski definition) is 2. The van der Waals surface area contributed by atoms with Gasteiger partial charge in [-0.1, -0.05) is 0 Å². The number of sulfonamides is 1. The van der Waals surface area contributed by atoms with Crippen LogP contribution < -0.4 is 10.6 Å². The predicted molar refractivity (Wildman–Crippen MR) is 79.5 cm³/mol. The molecule has 1 fully saturated rings. The maximum Gasteiger partial charge on any atom is 0.320 e. The first-order valence-corrected chi connectivity index (χ1v) is 8.64. The highest BCUT2D eigenvalue weighted by atomic mass is 32.2. The van der Waals surface area contributed by atoms with Crippen molar-refractivity contribution in [2.75, 3.05) is 24.7 Å². The van der Waals surface area contributed by atoms with Crippen LogP contribution in [0.2, 0.25) is 0 Å². The topological polar surface area (TPSA) is 96.3 Å². The molecular weight excluding hydrogens is 294 g/mol. The lowest BCUT2D eigenvalue weighted by Gasteiger charge is -2.31. The third-order valence-electron chi connectivity index (χ3n) is 3.43. The van der Waals surface area contributed by atoms with Crippen LogP contribution in [0, 0.1) is 6.92 Å². The number of nitrogens with zero attached hydrogens (tertiary/aromatic N) is 3. The van der Waals surface area contributed by atoms with Crippen LogP contribution in [0.4, 0.5) is 10.6 Å². The number of carbonyl (C=O) groups is 1. The van der Waals surface area contributed by atoms with Crippen molar-refractivity contribution in [2.24, 2.45) is 7.05 Å². The number of nitrogens with one attached hydrogen (secondary N) is 2. The molecule has 0 aromatic carbocycles. The van der Waals surface area contributed by atoms with Gasteiger partial charge < -0.3 is 5.32 Å². The van der Waals surface area contributed by atoms with E-state index in [-0.39, 0.29) is 12.1 Å². The normalized spacial score (nSPS) is 20.2. The molecule has 1 aromatic rings. The molecule has 1 aliphatic rings. The van der Waals surface area contributed by atoms with E-state index in [9.17, 15) is 13.2 Å². The standard InChI is InChI=1S/C12H21N5O3S/c1-9-7-11(16(2)15-9)14-12(18)13-10-5-4-6-17(8-10)21(3,19)20/h7,10H,4-6,8H2,1-3H3,(H2,13,14,18). The van der Waals surface area contributed by atoms with E-state index in [0.29, 0.717) is 18.9 Å². The van der Waals surface area contributed by atoms with Crippen LogP contribution in [-0.2, 0) is 17.1 Å². The summed E-state index contributed by atoms with van der Waals surface area (Å²) in [5.41, 5.74) is 0.814. The van der Waals surface area contributed by atoms with Crippen molar-refractivity contribution in [1.29, 1.82) is 0 Å². The van der Waals surface area contributed by atoms with Gasteiger partial charge >= 0.3 is 6.03 Å². The number of aryl methyl sites for hydroxylation is 2. The van der Waals surface area contributed by atoms with E-state index in [0.717, 1.165) is 18.5 Å². The molecule has 0 radical (unpaired) electrons. The zero-order valence-electron chi connectivity index (χ0n) is 12.5. The van der Waals surface area contributed by atoms with Crippen LogP contribution in [0.15, 0.2) is 6.07 Å². The van der Waals surface area contributed by atoms with Gasteiger partial charge in [-0.15, -0.1) is 0 Å². The molecule has 1 unspecified atom stereocenters. The van der Waals surface area contributed by atoms with Crippen LogP contribution in [0.5, 0.6) is 0 Å². The summed E-state index contributed by atoms with van der Waals surface area (Å²) in [6, 6.07) is 1.24. The van der Waals surface area contributed by atoms with E-state index in [1.165, 1.54) is 10.6 Å². The molecule has 0 spiro atoms. The third kappa shape index (κ3) is 4.18. The average Bonchev–Trinajstić information content (AvgIpc) is 2.67. The summed E-state index contributed by atoms with van der Waals surface area (Å²) in [6.45, 7) is 2.67. The number of hydrogen-bond acceptors (Lipinski definition) is 4. The van der Waals surface area contributed by atoms with Crippen molar-refractivity contribution in [3.8, 4) is 0 Å². The van der Waals surface area contributed by atoms with Gasteiger partial charge in [-0.3, -0.25) is 10.00 Å². The summed E-state index contributed by atoms with van der Waals surface area (Å²) in [7, 11) is -1.46. The number of carbonyl (C=O) groups excluding carboxylic acids is 1. The van der Waals surface area contributed by atoms with Gasteiger partial charge in [0.2, 0.25) is 10.0 Å². The molecule has 0 bridgehead atoms. The molecule has 21 heavy (non-hydrogen) atoms. The largest absolute Gasteiger partial charge is 0.334 e. The van der Waals surface area contributed by atoms with Gasteiger partial charge in [-0.2, -0.15) is 5.10 Å². The molecule has 1 saturated heterocycles. The Balaban J connectivity index is 1.92. The molecule has 2 N–H and O–H groups in total. The molecular formula is C12H21N5O3S. The average molecular weight is 315 g/mol. The molecule has 118 valence electrons. The van der Waals surface area contributed by atoms with E-state index < -0.39 is 10.0 Å². The van der Waals surface area contributed by atoms with Crippen molar-refractivity contribution in [1.82, 2.24) is 19.4 Å². The molecule has 0 saturated carbocycles. The summed E-state index contributed by atoms with van der Waals surface area (Å²) >= 11 is 0. The highest BCUT2D eigenvalue weighted by molar-refractivity contribution is 7.88. The van der Waals surface area contributed by atoms with Crippen LogP contribution in [0.25, 0.3) is 0 Å². The SMILES string of the molecule is Cc1cc(NC(=O)NC2CCCN(S(C)(=O)=O)C2)n(C)n1. The first kappa shape index (κ1) is 15.8. The van der Waals surface area contributed by atoms with Crippen molar-refractivity contribution < 1.29 is 13.2 Å². The van der Waals surface area contributed by atoms with Crippen LogP contribution >= 0.6 is 0 Å². The number of piperidine rings is 1. The Hall–Kier alpha value is -1.61. The van der Waals surface area contributed by atoms with Gasteiger partial charge in [-0.05, 0) is 19.8 Å². The third-order valence-corrected chi connectivity index (χ3v) is 4.70. The van der Waals surface area contributed by atoms with E-state index >= 15 is 0 Å². The number of anilines is 1. The summed E-state index contributed by atoms with van der Waals surface area (Å²) < 4.78 is 26.1. The lowest BCUT2D eigenvalue weighted by molar-refractivity contribution is 0.236. The number of amides is 2. The van der Waals surface area contributed by atoms with E-state index in [1.54, 1.807) is 17.8 Å². The minimum Gasteiger partial charge on any atom is -0.334 e. The Bertz CT molecular complexity index is 625. The maximum atomic E-state index is 12.0. The number of aromatic nitrogens is 2. The zero-order chi connectivity index (χ0) is 15.6. The number of urea groups is 1. The fourth-order valence-electron chi connectivity index (χ4n) is 2.43. The fraction of sp³-hybridized carbons (Fsp3) is 0.667. The molecule has 2 heterocycles. The molecule has 8 nitrogen and oxygen atoms in total. The lowest BCUT2D eigenvalue weighted by atomic mass is 10.1. The first-order valence-electron chi connectivity index (χ1n) is 6.79. The first-order chi connectivity index (χ1) is 9.75. The molecule has 2 rings (SSSR count). The van der Waals surface area contributed by atoms with E-state index in [2.05, 4.69) is 15.7 Å². The monoisotopic (exact) mass is 315 g/mol. The molecule has 2 amide bonds. The predicted octanol–water partition coefficient (Wildman–Crippen LogP) is 0.274. The van der Waals surface area contributed by atoms with Gasteiger partial charge in [0.15, 0.2) is 0 Å². The van der Waals surface area contributed by atoms with Gasteiger partial charge in [0, 0.05) is 32.2 Å². The number of rotatable bonds is 3. The second kappa shape index (κ2) is 6.02. The molecule has 9 heteroatoms. The fourth-order valence-corrected chi connectivity index (χ4v) is 3.34. The van der Waals surface area contributed by atoms with Crippen molar-refractivity contribution in [3.05, 3.63) is 11.8 Å². The Morgan fingerprint density at radius 2 is 2.19 bits per heavy atom. The van der Waals surface area contributed by atoms with E-state index in [1.807, 2.05) is 6.92 Å². The second-order valence-electron chi connectivity index (χ2n) is 5.35. The quantitative estimate of drug-likeness (QED) is 0.837. The Morgan fingerprint density at radius 1 is 1.48 bits per heavy atom. The molecule has 1 aromatic heterocycles. The minimum absolute atomic E-state index is 0.178. The highest BCUT2D eigenvalue weighted by Gasteiger charge is 2.26. The van der Waals surface area contributed by atoms with Gasteiger partial charge in [0.25, 0.3) is 0 Å². The lowest BCUT2D eigenvalue weighted by Crippen LogP contribution is -2.50. The molecule has 1 aliphatic heterocycles. The van der Waals surface area contributed by atoms with E-state index in [4.69, 9.17) is 0 Å². The molecule has 0 aliphatic carbocycles. The van der Waals surface area contributed by atoms with Gasteiger partial charge in [0.1, 0.15) is 5.82 Å². The van der Waals surface area contributed by atoms with Crippen LogP contribution in [0.1, 0.15) is 18.5 Å². The van der Waals surface area contributed by atoms with Crippen LogP contribution in [-0.4, -0.2) is 53.9 Å². The maximum absolute atomic E-state index is 12.0. The second-order valence-corrected chi connectivity index (χ2v) is 7.34. The Labute approximate surface area is 124 Å². The van der Waals surface area contributed by atoms with Gasteiger partial charge in [0.05, 0.1) is 11.9 Å². The zero-order valence-corrected chi connectivity index (χ0v) is 13.3. The summed E-state index contributed by atoms with van der Waals surface area (Å²) in [4.78, 5) is 12.0. The highest BCUT2D eigenvalue weighted by Crippen LogP contribution is 2.13. The minimum atomic E-state index is -3.21.